The predicted octanol–water partition coefficient (Wildman–Crippen LogP) is 9.88. The first-order valence-corrected chi connectivity index (χ1v) is 15.8. The van der Waals surface area contributed by atoms with E-state index < -0.39 is 0 Å². The van der Waals surface area contributed by atoms with Crippen molar-refractivity contribution in [1.82, 2.24) is 0 Å². The van der Waals surface area contributed by atoms with Gasteiger partial charge in [0.15, 0.2) is 0 Å². The molecule has 1 aromatic carbocycles. The average molecular weight is 507 g/mol. The van der Waals surface area contributed by atoms with Crippen molar-refractivity contribution in [2.24, 2.45) is 46.3 Å². The van der Waals surface area contributed by atoms with Crippen LogP contribution in [-0.2, 0) is 4.74 Å². The number of phenols is 1. The van der Waals surface area contributed by atoms with Gasteiger partial charge in [0.1, 0.15) is 5.75 Å². The third-order valence-corrected chi connectivity index (χ3v) is 12.0. The van der Waals surface area contributed by atoms with Crippen molar-refractivity contribution in [2.75, 3.05) is 0 Å². The molecule has 1 aromatic rings. The second-order valence-electron chi connectivity index (χ2n) is 14.5. The molecule has 0 amide bonds. The summed E-state index contributed by atoms with van der Waals surface area (Å²) in [6, 6.07) is 7.54. The summed E-state index contributed by atoms with van der Waals surface area (Å²) in [5.41, 5.74) is 3.82. The number of ether oxygens (including phenoxy) is 1. The minimum Gasteiger partial charge on any atom is -0.508 e. The van der Waals surface area contributed by atoms with Crippen LogP contribution in [0.3, 0.4) is 0 Å². The van der Waals surface area contributed by atoms with E-state index in [1.807, 2.05) is 12.1 Å². The van der Waals surface area contributed by atoms with E-state index in [1.54, 1.807) is 17.7 Å². The molecule has 0 spiro atoms. The Morgan fingerprint density at radius 2 is 1.68 bits per heavy atom. The van der Waals surface area contributed by atoms with Gasteiger partial charge in [-0.1, -0.05) is 77.7 Å². The number of aromatic hydroxyl groups is 1. The van der Waals surface area contributed by atoms with E-state index in [0.29, 0.717) is 22.7 Å². The molecule has 5 rings (SSSR count). The van der Waals surface area contributed by atoms with E-state index in [1.165, 1.54) is 64.2 Å². The smallest absolute Gasteiger partial charge is 0.115 e. The molecule has 4 aliphatic rings. The normalized spacial score (nSPS) is 38.9. The van der Waals surface area contributed by atoms with Gasteiger partial charge >= 0.3 is 0 Å². The summed E-state index contributed by atoms with van der Waals surface area (Å²) in [5.74, 6) is 5.69. The van der Waals surface area contributed by atoms with Gasteiger partial charge in [0.05, 0.1) is 12.2 Å². The highest BCUT2D eigenvalue weighted by Crippen LogP contribution is 2.67. The number of hydrogen-bond donors (Lipinski definition) is 1. The van der Waals surface area contributed by atoms with Crippen molar-refractivity contribution in [2.45, 2.75) is 124 Å². The minimum atomic E-state index is 0.0697. The Bertz CT molecular complexity index is 947. The van der Waals surface area contributed by atoms with Crippen molar-refractivity contribution < 1.29 is 9.84 Å². The molecule has 0 bridgehead atoms. The molecule has 0 heterocycles. The fourth-order valence-electron chi connectivity index (χ4n) is 9.88. The van der Waals surface area contributed by atoms with Crippen LogP contribution in [0.2, 0.25) is 0 Å². The second-order valence-corrected chi connectivity index (χ2v) is 14.5. The zero-order chi connectivity index (χ0) is 26.4. The number of rotatable bonds is 8. The van der Waals surface area contributed by atoms with Crippen molar-refractivity contribution in [3.63, 3.8) is 0 Å². The van der Waals surface area contributed by atoms with Crippen LogP contribution in [0.5, 0.6) is 5.75 Å². The Kier molecular flexibility index (Phi) is 7.90. The van der Waals surface area contributed by atoms with Crippen LogP contribution in [0.4, 0.5) is 0 Å². The fraction of sp³-hybridized carbons (Fsp3) is 0.771. The van der Waals surface area contributed by atoms with Gasteiger partial charge in [0, 0.05) is 0 Å². The first kappa shape index (κ1) is 27.3. The van der Waals surface area contributed by atoms with Crippen molar-refractivity contribution in [3.8, 4) is 5.75 Å². The Morgan fingerprint density at radius 3 is 2.41 bits per heavy atom. The molecule has 1 N–H and O–H groups in total. The first-order valence-electron chi connectivity index (χ1n) is 15.8. The molecule has 3 fully saturated rings. The van der Waals surface area contributed by atoms with E-state index >= 15 is 0 Å². The number of phenolic OH excluding ortho intramolecular Hbond substituents is 1. The van der Waals surface area contributed by atoms with E-state index in [9.17, 15) is 5.11 Å². The molecule has 0 aromatic heterocycles. The molecule has 37 heavy (non-hydrogen) atoms. The summed E-state index contributed by atoms with van der Waals surface area (Å²) in [6.45, 7) is 14.8. The van der Waals surface area contributed by atoms with Crippen LogP contribution in [-0.4, -0.2) is 11.2 Å². The largest absolute Gasteiger partial charge is 0.508 e. The average Bonchev–Trinajstić information content (AvgIpc) is 3.21. The van der Waals surface area contributed by atoms with Gasteiger partial charge < -0.3 is 9.84 Å². The molecule has 0 aliphatic heterocycles. The van der Waals surface area contributed by atoms with Crippen molar-refractivity contribution in [3.05, 3.63) is 41.5 Å². The highest BCUT2D eigenvalue weighted by atomic mass is 16.5. The Balaban J connectivity index is 1.24. The SMILES string of the molecule is CC(C)CCC[C@@H](C)[C@H]1CC[C@H]2[C@@H]3CC=C4C[C@@H](OC(C)c5ccc(O)cc5)CC[C@]4(C)[C@H]3CC[C@]12C. The Labute approximate surface area is 227 Å². The lowest BCUT2D eigenvalue weighted by Gasteiger charge is -2.58. The van der Waals surface area contributed by atoms with Crippen LogP contribution in [0.1, 0.15) is 124 Å². The van der Waals surface area contributed by atoms with Crippen LogP contribution in [0, 0.1) is 46.3 Å². The maximum Gasteiger partial charge on any atom is 0.115 e. The van der Waals surface area contributed by atoms with Gasteiger partial charge in [-0.3, -0.25) is 0 Å². The van der Waals surface area contributed by atoms with E-state index in [4.69, 9.17) is 4.74 Å². The predicted molar refractivity (Wildman–Crippen MR) is 154 cm³/mol. The third kappa shape index (κ3) is 5.18. The lowest BCUT2D eigenvalue weighted by atomic mass is 9.47. The maximum absolute atomic E-state index is 9.63. The van der Waals surface area contributed by atoms with Crippen LogP contribution in [0.15, 0.2) is 35.9 Å². The second kappa shape index (κ2) is 10.7. The van der Waals surface area contributed by atoms with E-state index in [2.05, 4.69) is 47.6 Å². The number of fused-ring (bicyclic) bond motifs is 5. The van der Waals surface area contributed by atoms with Gasteiger partial charge in [0.2, 0.25) is 0 Å². The van der Waals surface area contributed by atoms with Crippen LogP contribution in [0.25, 0.3) is 0 Å². The van der Waals surface area contributed by atoms with Gasteiger partial charge in [-0.2, -0.15) is 0 Å². The molecule has 0 saturated heterocycles. The molecule has 4 aliphatic carbocycles. The van der Waals surface area contributed by atoms with Crippen LogP contribution >= 0.6 is 0 Å². The molecule has 0 radical (unpaired) electrons. The molecule has 206 valence electrons. The van der Waals surface area contributed by atoms with Gasteiger partial charge in [-0.15, -0.1) is 0 Å². The summed E-state index contributed by atoms with van der Waals surface area (Å²) < 4.78 is 6.60. The quantitative estimate of drug-likeness (QED) is 0.355. The summed E-state index contributed by atoms with van der Waals surface area (Å²) in [5, 5.41) is 9.63. The minimum absolute atomic E-state index is 0.0697. The Hall–Kier alpha value is -1.28. The monoisotopic (exact) mass is 506 g/mol. The van der Waals surface area contributed by atoms with Gasteiger partial charge in [0.25, 0.3) is 0 Å². The van der Waals surface area contributed by atoms with E-state index in [-0.39, 0.29) is 6.10 Å². The zero-order valence-electron chi connectivity index (χ0n) is 24.6. The van der Waals surface area contributed by atoms with Crippen molar-refractivity contribution >= 4 is 0 Å². The van der Waals surface area contributed by atoms with Crippen molar-refractivity contribution in [1.29, 1.82) is 0 Å². The number of hydrogen-bond acceptors (Lipinski definition) is 2. The molecule has 1 unspecified atom stereocenters. The topological polar surface area (TPSA) is 29.5 Å². The third-order valence-electron chi connectivity index (χ3n) is 12.0. The van der Waals surface area contributed by atoms with Gasteiger partial charge in [-0.25, -0.2) is 0 Å². The highest BCUT2D eigenvalue weighted by Gasteiger charge is 2.59. The fourth-order valence-corrected chi connectivity index (χ4v) is 9.88. The lowest BCUT2D eigenvalue weighted by Crippen LogP contribution is -2.51. The summed E-state index contributed by atoms with van der Waals surface area (Å²) >= 11 is 0. The Morgan fingerprint density at radius 1 is 0.919 bits per heavy atom. The molecular formula is C35H54O2. The van der Waals surface area contributed by atoms with Gasteiger partial charge in [-0.05, 0) is 122 Å². The summed E-state index contributed by atoms with van der Waals surface area (Å²) in [4.78, 5) is 0. The zero-order valence-corrected chi connectivity index (χ0v) is 24.6. The first-order chi connectivity index (χ1) is 17.6. The highest BCUT2D eigenvalue weighted by molar-refractivity contribution is 5.28. The number of allylic oxidation sites excluding steroid dienone is 1. The molecule has 3 saturated carbocycles. The standard InChI is InChI=1S/C35H54O2/c1-23(2)8-7-9-24(3)31-16-17-32-30-15-12-27-22-29(37-25(4)26-10-13-28(36)14-11-26)18-20-34(27,5)33(30)19-21-35(31,32)6/h10-14,23-25,29-33,36H,7-9,15-22H2,1-6H3/t24-,25?,29+,30+,31-,32+,33+,34+,35-/m1/s1. The molecule has 2 heteroatoms. The molecule has 9 atom stereocenters. The lowest BCUT2D eigenvalue weighted by molar-refractivity contribution is -0.0735. The molecule has 2 nitrogen and oxygen atoms in total. The molecular weight excluding hydrogens is 452 g/mol. The summed E-state index contributed by atoms with van der Waals surface area (Å²) in [6.07, 6.45) is 18.1. The summed E-state index contributed by atoms with van der Waals surface area (Å²) in [7, 11) is 0. The number of benzene rings is 1. The van der Waals surface area contributed by atoms with Crippen LogP contribution < -0.4 is 0 Å². The van der Waals surface area contributed by atoms with E-state index in [0.717, 1.165) is 47.5 Å². The maximum atomic E-state index is 9.63.